The summed E-state index contributed by atoms with van der Waals surface area (Å²) < 4.78 is 2.06. The number of rotatable bonds is 7. The maximum absolute atomic E-state index is 11.7. The van der Waals surface area contributed by atoms with Crippen LogP contribution in [0.5, 0.6) is 0 Å². The van der Waals surface area contributed by atoms with E-state index in [-0.39, 0.29) is 0 Å². The standard InChI is InChI=1S/C14H23N3O/c1-15-9-4-7-14(18)11-12-8-10-17(16-12)13-5-2-3-6-13/h8,10,13,15H,2-7,9,11H2,1H3. The second kappa shape index (κ2) is 6.69. The first-order chi connectivity index (χ1) is 8.79. The summed E-state index contributed by atoms with van der Waals surface area (Å²) in [5, 5.41) is 7.60. The van der Waals surface area contributed by atoms with Crippen LogP contribution in [-0.4, -0.2) is 29.2 Å². The van der Waals surface area contributed by atoms with Crippen molar-refractivity contribution in [1.29, 1.82) is 0 Å². The predicted molar refractivity (Wildman–Crippen MR) is 71.6 cm³/mol. The molecule has 1 aromatic heterocycles. The molecule has 0 bridgehead atoms. The van der Waals surface area contributed by atoms with E-state index in [0.717, 1.165) is 18.7 Å². The molecule has 1 aromatic rings. The fraction of sp³-hybridized carbons (Fsp3) is 0.714. The minimum Gasteiger partial charge on any atom is -0.320 e. The smallest absolute Gasteiger partial charge is 0.138 e. The quantitative estimate of drug-likeness (QED) is 0.753. The van der Waals surface area contributed by atoms with Crippen LogP contribution in [0.3, 0.4) is 0 Å². The maximum atomic E-state index is 11.7. The molecule has 4 nitrogen and oxygen atoms in total. The molecule has 18 heavy (non-hydrogen) atoms. The van der Waals surface area contributed by atoms with Gasteiger partial charge in [-0.3, -0.25) is 9.48 Å². The number of carbonyl (C=O) groups excluding carboxylic acids is 1. The topological polar surface area (TPSA) is 46.9 Å². The Bertz CT molecular complexity index is 380. The van der Waals surface area contributed by atoms with E-state index in [2.05, 4.69) is 15.1 Å². The normalized spacial score (nSPS) is 16.3. The Kier molecular flexibility index (Phi) is 4.93. The highest BCUT2D eigenvalue weighted by Crippen LogP contribution is 2.28. The Hall–Kier alpha value is -1.16. The summed E-state index contributed by atoms with van der Waals surface area (Å²) in [6.07, 6.45) is 9.17. The summed E-state index contributed by atoms with van der Waals surface area (Å²) in [4.78, 5) is 11.7. The van der Waals surface area contributed by atoms with Crippen LogP contribution >= 0.6 is 0 Å². The number of Topliss-reactive ketones (excluding diaryl/α,β-unsaturated/α-hetero) is 1. The third-order valence-corrected chi connectivity index (χ3v) is 3.62. The van der Waals surface area contributed by atoms with Crippen molar-refractivity contribution in [1.82, 2.24) is 15.1 Å². The van der Waals surface area contributed by atoms with Crippen molar-refractivity contribution in [3.05, 3.63) is 18.0 Å². The lowest BCUT2D eigenvalue weighted by Crippen LogP contribution is -2.11. The largest absolute Gasteiger partial charge is 0.320 e. The number of hydrogen-bond donors (Lipinski definition) is 1. The summed E-state index contributed by atoms with van der Waals surface area (Å²) in [6, 6.07) is 2.56. The van der Waals surface area contributed by atoms with Gasteiger partial charge in [-0.05, 0) is 38.9 Å². The van der Waals surface area contributed by atoms with Crippen molar-refractivity contribution in [2.45, 2.75) is 51.0 Å². The monoisotopic (exact) mass is 249 g/mol. The van der Waals surface area contributed by atoms with E-state index in [0.29, 0.717) is 24.7 Å². The Labute approximate surface area is 109 Å². The van der Waals surface area contributed by atoms with Crippen LogP contribution < -0.4 is 5.32 Å². The molecule has 100 valence electrons. The van der Waals surface area contributed by atoms with Crippen LogP contribution in [0.25, 0.3) is 0 Å². The van der Waals surface area contributed by atoms with E-state index >= 15 is 0 Å². The van der Waals surface area contributed by atoms with Crippen LogP contribution in [0.1, 0.15) is 50.3 Å². The molecule has 0 unspecified atom stereocenters. The van der Waals surface area contributed by atoms with Crippen LogP contribution in [-0.2, 0) is 11.2 Å². The molecule has 0 spiro atoms. The lowest BCUT2D eigenvalue weighted by molar-refractivity contribution is -0.118. The average Bonchev–Trinajstić information content (AvgIpc) is 2.98. The number of aromatic nitrogens is 2. The minimum absolute atomic E-state index is 0.293. The zero-order valence-corrected chi connectivity index (χ0v) is 11.2. The van der Waals surface area contributed by atoms with E-state index in [1.165, 1.54) is 25.7 Å². The highest BCUT2D eigenvalue weighted by molar-refractivity contribution is 5.80. The van der Waals surface area contributed by atoms with Crippen LogP contribution in [0.15, 0.2) is 12.3 Å². The molecule has 0 atom stereocenters. The number of nitrogens with zero attached hydrogens (tertiary/aromatic N) is 2. The Morgan fingerprint density at radius 3 is 3.00 bits per heavy atom. The van der Waals surface area contributed by atoms with Gasteiger partial charge < -0.3 is 5.32 Å². The molecule has 0 radical (unpaired) electrons. The van der Waals surface area contributed by atoms with Crippen molar-refractivity contribution in [3.8, 4) is 0 Å². The van der Waals surface area contributed by atoms with Crippen molar-refractivity contribution in [2.24, 2.45) is 0 Å². The fourth-order valence-electron chi connectivity index (χ4n) is 2.60. The molecular formula is C14H23N3O. The Morgan fingerprint density at radius 1 is 1.50 bits per heavy atom. The number of carbonyl (C=O) groups is 1. The first-order valence-electron chi connectivity index (χ1n) is 7.00. The van der Waals surface area contributed by atoms with E-state index in [4.69, 9.17) is 0 Å². The van der Waals surface area contributed by atoms with Gasteiger partial charge in [0.15, 0.2) is 0 Å². The van der Waals surface area contributed by atoms with Crippen molar-refractivity contribution >= 4 is 5.78 Å². The van der Waals surface area contributed by atoms with Gasteiger partial charge in [-0.25, -0.2) is 0 Å². The second-order valence-electron chi connectivity index (χ2n) is 5.15. The summed E-state index contributed by atoms with van der Waals surface area (Å²) in [5.74, 6) is 0.293. The number of ketones is 1. The molecule has 2 rings (SSSR count). The van der Waals surface area contributed by atoms with Crippen molar-refractivity contribution in [2.75, 3.05) is 13.6 Å². The molecule has 1 aliphatic carbocycles. The van der Waals surface area contributed by atoms with Crippen molar-refractivity contribution < 1.29 is 4.79 Å². The molecule has 0 aromatic carbocycles. The molecule has 1 heterocycles. The van der Waals surface area contributed by atoms with Gasteiger partial charge in [-0.2, -0.15) is 5.10 Å². The summed E-state index contributed by atoms with van der Waals surface area (Å²) in [6.45, 7) is 0.905. The van der Waals surface area contributed by atoms with Gasteiger partial charge in [0, 0.05) is 12.6 Å². The summed E-state index contributed by atoms with van der Waals surface area (Å²) in [7, 11) is 1.91. The highest BCUT2D eigenvalue weighted by atomic mass is 16.1. The first kappa shape index (κ1) is 13.3. The zero-order valence-electron chi connectivity index (χ0n) is 11.2. The van der Waals surface area contributed by atoms with Gasteiger partial charge in [-0.15, -0.1) is 0 Å². The molecule has 0 aliphatic heterocycles. The minimum atomic E-state index is 0.293. The van der Waals surface area contributed by atoms with Gasteiger partial charge in [0.2, 0.25) is 0 Å². The van der Waals surface area contributed by atoms with Crippen LogP contribution in [0.4, 0.5) is 0 Å². The Balaban J connectivity index is 1.80. The SMILES string of the molecule is CNCCCC(=O)Cc1ccn(C2CCCC2)n1. The molecular weight excluding hydrogens is 226 g/mol. The summed E-state index contributed by atoms with van der Waals surface area (Å²) >= 11 is 0. The highest BCUT2D eigenvalue weighted by Gasteiger charge is 2.17. The second-order valence-corrected chi connectivity index (χ2v) is 5.15. The van der Waals surface area contributed by atoms with Gasteiger partial charge >= 0.3 is 0 Å². The Morgan fingerprint density at radius 2 is 2.28 bits per heavy atom. The predicted octanol–water partition coefficient (Wildman–Crippen LogP) is 2.11. The van der Waals surface area contributed by atoms with E-state index in [1.807, 2.05) is 19.3 Å². The molecule has 1 aliphatic rings. The maximum Gasteiger partial charge on any atom is 0.138 e. The lowest BCUT2D eigenvalue weighted by Gasteiger charge is -2.08. The lowest BCUT2D eigenvalue weighted by atomic mass is 10.1. The third-order valence-electron chi connectivity index (χ3n) is 3.62. The molecule has 0 saturated heterocycles. The van der Waals surface area contributed by atoms with Crippen LogP contribution in [0, 0.1) is 0 Å². The fourth-order valence-corrected chi connectivity index (χ4v) is 2.60. The van der Waals surface area contributed by atoms with E-state index in [9.17, 15) is 4.79 Å². The van der Waals surface area contributed by atoms with Crippen molar-refractivity contribution in [3.63, 3.8) is 0 Å². The van der Waals surface area contributed by atoms with E-state index < -0.39 is 0 Å². The van der Waals surface area contributed by atoms with Gasteiger partial charge in [0.1, 0.15) is 5.78 Å². The van der Waals surface area contributed by atoms with E-state index in [1.54, 1.807) is 0 Å². The molecule has 1 N–H and O–H groups in total. The van der Waals surface area contributed by atoms with Gasteiger partial charge in [0.05, 0.1) is 18.2 Å². The van der Waals surface area contributed by atoms with Gasteiger partial charge in [0.25, 0.3) is 0 Å². The summed E-state index contributed by atoms with van der Waals surface area (Å²) in [5.41, 5.74) is 0.927. The van der Waals surface area contributed by atoms with Crippen LogP contribution in [0.2, 0.25) is 0 Å². The molecule has 1 fully saturated rings. The number of nitrogens with one attached hydrogen (secondary N) is 1. The average molecular weight is 249 g/mol. The zero-order chi connectivity index (χ0) is 12.8. The molecule has 1 saturated carbocycles. The third kappa shape index (κ3) is 3.67. The molecule has 4 heteroatoms. The number of hydrogen-bond acceptors (Lipinski definition) is 3. The molecule has 0 amide bonds. The van der Waals surface area contributed by atoms with Gasteiger partial charge in [-0.1, -0.05) is 12.8 Å². The first-order valence-corrected chi connectivity index (χ1v) is 7.00.